The molecule has 1 aromatic carbocycles. The van der Waals surface area contributed by atoms with Crippen molar-refractivity contribution in [1.82, 2.24) is 0 Å². The second-order valence-corrected chi connectivity index (χ2v) is 5.56. The molecular weight excluding hydrogens is 246 g/mol. The van der Waals surface area contributed by atoms with Crippen LogP contribution in [0.3, 0.4) is 0 Å². The molecule has 1 aliphatic heterocycles. The van der Waals surface area contributed by atoms with Crippen LogP contribution in [0.2, 0.25) is 5.02 Å². The van der Waals surface area contributed by atoms with Crippen molar-refractivity contribution in [1.29, 1.82) is 0 Å². The number of rotatable bonds is 2. The summed E-state index contributed by atoms with van der Waals surface area (Å²) in [5, 5.41) is 3.51. The van der Waals surface area contributed by atoms with E-state index in [9.17, 15) is 4.79 Å². The molecular formula is C15H18ClNO. The monoisotopic (exact) mass is 263 g/mol. The third kappa shape index (κ3) is 2.05. The summed E-state index contributed by atoms with van der Waals surface area (Å²) in [5.74, 6) is 0.00505. The molecule has 0 radical (unpaired) electrons. The Balaban J connectivity index is 2.62. The van der Waals surface area contributed by atoms with E-state index < -0.39 is 5.41 Å². The van der Waals surface area contributed by atoms with Crippen molar-refractivity contribution in [2.24, 2.45) is 5.41 Å². The van der Waals surface area contributed by atoms with Crippen LogP contribution in [0.15, 0.2) is 24.3 Å². The van der Waals surface area contributed by atoms with Gasteiger partial charge in [-0.15, -0.1) is 0 Å². The quantitative estimate of drug-likeness (QED) is 0.836. The molecule has 0 saturated heterocycles. The third-order valence-electron chi connectivity index (χ3n) is 3.42. The highest BCUT2D eigenvalue weighted by molar-refractivity contribution is 6.35. The molecule has 1 heterocycles. The van der Waals surface area contributed by atoms with Gasteiger partial charge in [-0.1, -0.05) is 43.2 Å². The Hall–Kier alpha value is -1.28. The van der Waals surface area contributed by atoms with Crippen LogP contribution < -0.4 is 5.32 Å². The van der Waals surface area contributed by atoms with Crippen LogP contribution in [0, 0.1) is 5.41 Å². The summed E-state index contributed by atoms with van der Waals surface area (Å²) in [6, 6.07) is 5.74. The number of carbonyl (C=O) groups excluding carboxylic acids is 1. The largest absolute Gasteiger partial charge is 0.324 e. The van der Waals surface area contributed by atoms with Crippen molar-refractivity contribution >= 4 is 28.8 Å². The number of hydrogen-bond acceptors (Lipinski definition) is 1. The van der Waals surface area contributed by atoms with Crippen LogP contribution in [0.1, 0.15) is 39.2 Å². The number of nitrogens with one attached hydrogen (secondary N) is 1. The lowest BCUT2D eigenvalue weighted by atomic mass is 9.75. The zero-order valence-electron chi connectivity index (χ0n) is 11.0. The number of para-hydroxylation sites is 1. The van der Waals surface area contributed by atoms with Gasteiger partial charge in [0.2, 0.25) is 5.91 Å². The van der Waals surface area contributed by atoms with Crippen LogP contribution in [-0.2, 0) is 4.79 Å². The Morgan fingerprint density at radius 1 is 1.39 bits per heavy atom. The van der Waals surface area contributed by atoms with Gasteiger partial charge >= 0.3 is 0 Å². The first-order valence-corrected chi connectivity index (χ1v) is 6.67. The van der Waals surface area contributed by atoms with Crippen molar-refractivity contribution in [2.75, 3.05) is 5.32 Å². The van der Waals surface area contributed by atoms with E-state index in [1.807, 2.05) is 26.0 Å². The number of unbranched alkanes of at least 4 members (excludes halogenated alkanes) is 1. The van der Waals surface area contributed by atoms with Crippen LogP contribution >= 0.6 is 11.6 Å². The molecule has 1 amide bonds. The minimum absolute atomic E-state index is 0.00505. The third-order valence-corrected chi connectivity index (χ3v) is 3.74. The van der Waals surface area contributed by atoms with Gasteiger partial charge in [-0.05, 0) is 31.9 Å². The Bertz CT molecular complexity index is 517. The first kappa shape index (κ1) is 13.2. The van der Waals surface area contributed by atoms with Gasteiger partial charge in [0.1, 0.15) is 0 Å². The zero-order chi connectivity index (χ0) is 13.3. The summed E-state index contributed by atoms with van der Waals surface area (Å²) >= 11 is 6.16. The summed E-state index contributed by atoms with van der Waals surface area (Å²) in [5.41, 5.74) is 2.35. The highest BCUT2D eigenvalue weighted by atomic mass is 35.5. The van der Waals surface area contributed by atoms with Crippen LogP contribution in [0.4, 0.5) is 5.69 Å². The van der Waals surface area contributed by atoms with E-state index in [0.717, 1.165) is 29.7 Å². The van der Waals surface area contributed by atoms with Crippen molar-refractivity contribution in [2.45, 2.75) is 33.6 Å². The average molecular weight is 264 g/mol. The topological polar surface area (TPSA) is 29.1 Å². The number of hydrogen-bond donors (Lipinski definition) is 1. The van der Waals surface area contributed by atoms with Gasteiger partial charge in [0.15, 0.2) is 0 Å². The first-order valence-electron chi connectivity index (χ1n) is 6.29. The maximum absolute atomic E-state index is 12.2. The van der Waals surface area contributed by atoms with Gasteiger partial charge in [-0.2, -0.15) is 0 Å². The highest BCUT2D eigenvalue weighted by Crippen LogP contribution is 2.45. The molecule has 0 saturated carbocycles. The van der Waals surface area contributed by atoms with Gasteiger partial charge in [-0.3, -0.25) is 4.79 Å². The van der Waals surface area contributed by atoms with Crippen LogP contribution in [0.5, 0.6) is 0 Å². The van der Waals surface area contributed by atoms with Crippen molar-refractivity contribution < 1.29 is 4.79 Å². The maximum Gasteiger partial charge on any atom is 0.234 e. The second kappa shape index (κ2) is 4.77. The number of fused-ring (bicyclic) bond motifs is 1. The van der Waals surface area contributed by atoms with E-state index in [1.54, 1.807) is 6.07 Å². The number of anilines is 1. The molecule has 2 nitrogen and oxygen atoms in total. The Kier molecular flexibility index (Phi) is 3.49. The lowest BCUT2D eigenvalue weighted by molar-refractivity contribution is -0.121. The summed E-state index contributed by atoms with van der Waals surface area (Å²) in [7, 11) is 0. The first-order chi connectivity index (χ1) is 8.48. The summed E-state index contributed by atoms with van der Waals surface area (Å²) in [4.78, 5) is 12.2. The van der Waals surface area contributed by atoms with E-state index in [4.69, 9.17) is 11.6 Å². The molecule has 0 atom stereocenters. The molecule has 0 bridgehead atoms. The molecule has 0 spiro atoms. The molecule has 2 rings (SSSR count). The fourth-order valence-corrected chi connectivity index (χ4v) is 2.48. The lowest BCUT2D eigenvalue weighted by Crippen LogP contribution is -2.36. The van der Waals surface area contributed by atoms with E-state index in [2.05, 4.69) is 18.3 Å². The van der Waals surface area contributed by atoms with E-state index in [-0.39, 0.29) is 5.91 Å². The molecule has 0 aromatic heterocycles. The van der Waals surface area contributed by atoms with Crippen molar-refractivity contribution in [3.8, 4) is 0 Å². The number of halogens is 1. The molecule has 1 aromatic rings. The second-order valence-electron chi connectivity index (χ2n) is 5.15. The van der Waals surface area contributed by atoms with Gasteiger partial charge in [0.05, 0.1) is 16.1 Å². The predicted octanol–water partition coefficient (Wildman–Crippen LogP) is 4.50. The fourth-order valence-electron chi connectivity index (χ4n) is 2.26. The summed E-state index contributed by atoms with van der Waals surface area (Å²) in [6.07, 6.45) is 4.20. The minimum atomic E-state index is -0.507. The maximum atomic E-state index is 12.2. The van der Waals surface area contributed by atoms with Crippen molar-refractivity contribution in [3.63, 3.8) is 0 Å². The highest BCUT2D eigenvalue weighted by Gasteiger charge is 2.38. The van der Waals surface area contributed by atoms with Crippen molar-refractivity contribution in [3.05, 3.63) is 34.9 Å². The number of amides is 1. The van der Waals surface area contributed by atoms with E-state index in [1.165, 1.54) is 0 Å². The van der Waals surface area contributed by atoms with E-state index in [0.29, 0.717) is 5.02 Å². The Morgan fingerprint density at radius 3 is 2.78 bits per heavy atom. The minimum Gasteiger partial charge on any atom is -0.324 e. The Labute approximate surface area is 113 Å². The number of allylic oxidation sites excluding steroid dienone is 1. The van der Waals surface area contributed by atoms with Gasteiger partial charge < -0.3 is 5.32 Å². The summed E-state index contributed by atoms with van der Waals surface area (Å²) < 4.78 is 0. The summed E-state index contributed by atoms with van der Waals surface area (Å²) in [6.45, 7) is 6.03. The predicted molar refractivity (Wildman–Crippen MR) is 76.7 cm³/mol. The average Bonchev–Trinajstić information content (AvgIpc) is 2.31. The normalized spacial score (nSPS) is 19.6. The van der Waals surface area contributed by atoms with Crippen LogP contribution in [-0.4, -0.2) is 5.91 Å². The lowest BCUT2D eigenvalue weighted by Gasteiger charge is -2.34. The standard InChI is InChI=1S/C15H18ClNO/c1-4-5-8-11-10-7-6-9-12(16)13(10)17-14(18)15(11,2)3/h6-9H,4-5H2,1-3H3,(H,17,18)/b11-8-. The van der Waals surface area contributed by atoms with E-state index >= 15 is 0 Å². The molecule has 1 N–H and O–H groups in total. The van der Waals surface area contributed by atoms with Gasteiger partial charge in [-0.25, -0.2) is 0 Å². The zero-order valence-corrected chi connectivity index (χ0v) is 11.8. The smallest absolute Gasteiger partial charge is 0.234 e. The van der Waals surface area contributed by atoms with Crippen LogP contribution in [0.25, 0.3) is 5.57 Å². The molecule has 0 aliphatic carbocycles. The molecule has 18 heavy (non-hydrogen) atoms. The Morgan fingerprint density at radius 2 is 2.11 bits per heavy atom. The van der Waals surface area contributed by atoms with Gasteiger partial charge in [0.25, 0.3) is 0 Å². The molecule has 3 heteroatoms. The SMILES string of the molecule is CCC/C=C1/c2cccc(Cl)c2NC(=O)C1(C)C. The molecule has 0 unspecified atom stereocenters. The molecule has 96 valence electrons. The van der Waals surface area contributed by atoms with Gasteiger partial charge in [0, 0.05) is 5.56 Å². The molecule has 0 fully saturated rings. The fraction of sp³-hybridized carbons (Fsp3) is 0.400. The molecule has 1 aliphatic rings. The number of benzene rings is 1. The number of carbonyl (C=O) groups is 1.